The number of carboxylic acids is 1. The van der Waals surface area contributed by atoms with Crippen LogP contribution in [0.2, 0.25) is 0 Å². The summed E-state index contributed by atoms with van der Waals surface area (Å²) in [5, 5.41) is 7.12. The lowest BCUT2D eigenvalue weighted by atomic mass is 9.81. The number of hydrogen-bond donors (Lipinski definition) is 1. The van der Waals surface area contributed by atoms with Gasteiger partial charge in [0.1, 0.15) is 0 Å². The van der Waals surface area contributed by atoms with Gasteiger partial charge in [-0.3, -0.25) is 4.79 Å². The summed E-state index contributed by atoms with van der Waals surface area (Å²) in [6.07, 6.45) is 0.233. The fourth-order valence-electron chi connectivity index (χ4n) is 3.91. The van der Waals surface area contributed by atoms with Crippen molar-refractivity contribution in [1.29, 1.82) is 0 Å². The molecule has 1 aliphatic carbocycles. The highest BCUT2D eigenvalue weighted by molar-refractivity contribution is 5.94. The maximum absolute atomic E-state index is 12.5. The molecular weight excluding hydrogens is 353 g/mol. The Morgan fingerprint density at radius 2 is 2.08 bits per heavy atom. The van der Waals surface area contributed by atoms with Gasteiger partial charge in [0.15, 0.2) is 0 Å². The van der Waals surface area contributed by atoms with E-state index >= 15 is 0 Å². The van der Waals surface area contributed by atoms with Crippen LogP contribution in [0.1, 0.15) is 19.3 Å². The number of carbonyl (C=O) groups is 2. The zero-order valence-electron chi connectivity index (χ0n) is 15.0. The molecule has 0 aromatic carbocycles. The lowest BCUT2D eigenvalue weighted by Gasteiger charge is -2.30. The van der Waals surface area contributed by atoms with Gasteiger partial charge in [0.2, 0.25) is 5.91 Å². The number of nitrogens with zero attached hydrogens (tertiary/aromatic N) is 2. The molecular formula is C17H25F3N2O4. The largest absolute Gasteiger partial charge is 0.490 e. The van der Waals surface area contributed by atoms with Gasteiger partial charge in [0, 0.05) is 36.5 Å². The van der Waals surface area contributed by atoms with Crippen LogP contribution in [0, 0.1) is 11.3 Å². The Morgan fingerprint density at radius 1 is 1.42 bits per heavy atom. The quantitative estimate of drug-likeness (QED) is 0.811. The molecule has 0 radical (unpaired) electrons. The van der Waals surface area contributed by atoms with Crippen molar-refractivity contribution in [2.24, 2.45) is 11.3 Å². The molecule has 0 unspecified atom stereocenters. The van der Waals surface area contributed by atoms with E-state index in [-0.39, 0.29) is 11.3 Å². The Hall–Kier alpha value is -1.61. The van der Waals surface area contributed by atoms with Crippen LogP contribution in [0.4, 0.5) is 13.2 Å². The second-order valence-electron chi connectivity index (χ2n) is 7.42. The van der Waals surface area contributed by atoms with Crippen LogP contribution in [0.5, 0.6) is 0 Å². The Labute approximate surface area is 150 Å². The van der Waals surface area contributed by atoms with E-state index < -0.39 is 12.1 Å². The van der Waals surface area contributed by atoms with Crippen molar-refractivity contribution in [1.82, 2.24) is 9.80 Å². The number of hydrogen-bond acceptors (Lipinski definition) is 4. The van der Waals surface area contributed by atoms with E-state index in [1.165, 1.54) is 0 Å². The second kappa shape index (κ2) is 7.96. The van der Waals surface area contributed by atoms with E-state index in [0.717, 1.165) is 57.7 Å². The van der Waals surface area contributed by atoms with Crippen molar-refractivity contribution in [3.05, 3.63) is 11.6 Å². The SMILES string of the molecule is CN(C)C[C@]12COC[C@H]1CN(C(=O)C1=CCCC1)C2.O=C(O)C(F)(F)F. The highest BCUT2D eigenvalue weighted by atomic mass is 19.4. The summed E-state index contributed by atoms with van der Waals surface area (Å²) in [6.45, 7) is 4.38. The maximum Gasteiger partial charge on any atom is 0.490 e. The normalized spacial score (nSPS) is 27.8. The van der Waals surface area contributed by atoms with Gasteiger partial charge in [0.25, 0.3) is 0 Å². The molecule has 1 amide bonds. The van der Waals surface area contributed by atoms with Gasteiger partial charge in [-0.25, -0.2) is 4.79 Å². The zero-order chi connectivity index (χ0) is 19.5. The lowest BCUT2D eigenvalue weighted by Crippen LogP contribution is -2.41. The number of rotatable bonds is 3. The molecule has 6 nitrogen and oxygen atoms in total. The third kappa shape index (κ3) is 4.76. The number of halogens is 3. The second-order valence-corrected chi connectivity index (χ2v) is 7.42. The summed E-state index contributed by atoms with van der Waals surface area (Å²) in [6, 6.07) is 0. The lowest BCUT2D eigenvalue weighted by molar-refractivity contribution is -0.192. The molecule has 2 heterocycles. The third-order valence-electron chi connectivity index (χ3n) is 5.00. The van der Waals surface area contributed by atoms with E-state index in [1.807, 2.05) is 0 Å². The van der Waals surface area contributed by atoms with E-state index in [9.17, 15) is 18.0 Å². The van der Waals surface area contributed by atoms with E-state index in [4.69, 9.17) is 14.6 Å². The Kier molecular flexibility index (Phi) is 6.33. The van der Waals surface area contributed by atoms with Crippen molar-refractivity contribution in [2.75, 3.05) is 46.9 Å². The average Bonchev–Trinajstić information content (AvgIpc) is 3.19. The van der Waals surface area contributed by atoms with Crippen molar-refractivity contribution in [3.63, 3.8) is 0 Å². The fourth-order valence-corrected chi connectivity index (χ4v) is 3.91. The highest BCUT2D eigenvalue weighted by Crippen LogP contribution is 2.42. The zero-order valence-corrected chi connectivity index (χ0v) is 15.0. The smallest absolute Gasteiger partial charge is 0.475 e. The first-order valence-electron chi connectivity index (χ1n) is 8.56. The molecule has 148 valence electrons. The average molecular weight is 378 g/mol. The number of alkyl halides is 3. The van der Waals surface area contributed by atoms with Crippen LogP contribution in [-0.4, -0.2) is 79.9 Å². The first-order valence-corrected chi connectivity index (χ1v) is 8.56. The van der Waals surface area contributed by atoms with Gasteiger partial charge in [-0.05, 0) is 33.4 Å². The molecule has 2 fully saturated rings. The van der Waals surface area contributed by atoms with Gasteiger partial charge < -0.3 is 19.6 Å². The molecule has 0 aromatic rings. The van der Waals surface area contributed by atoms with Crippen LogP contribution >= 0.6 is 0 Å². The molecule has 3 rings (SSSR count). The summed E-state index contributed by atoms with van der Waals surface area (Å²) < 4.78 is 37.4. The van der Waals surface area contributed by atoms with Gasteiger partial charge in [-0.1, -0.05) is 6.08 Å². The first kappa shape index (κ1) is 20.7. The van der Waals surface area contributed by atoms with Crippen molar-refractivity contribution in [2.45, 2.75) is 25.4 Å². The molecule has 0 bridgehead atoms. The topological polar surface area (TPSA) is 70.1 Å². The number of carbonyl (C=O) groups excluding carboxylic acids is 1. The van der Waals surface area contributed by atoms with Gasteiger partial charge in [-0.15, -0.1) is 0 Å². The summed E-state index contributed by atoms with van der Waals surface area (Å²) in [7, 11) is 4.21. The minimum atomic E-state index is -5.08. The molecule has 1 N–H and O–H groups in total. The summed E-state index contributed by atoms with van der Waals surface area (Å²) in [5.41, 5.74) is 1.21. The van der Waals surface area contributed by atoms with Crippen molar-refractivity contribution in [3.8, 4) is 0 Å². The number of allylic oxidation sites excluding steroid dienone is 1. The standard InChI is InChI=1S/C15H24N2O2.C2HF3O2/c1-16(2)9-15-10-17(7-13(15)8-19-11-15)14(18)12-5-3-4-6-12;3-2(4,5)1(6)7/h5,13H,3-4,6-11H2,1-2H3;(H,6,7)/t13-,15+;/m1./s1. The van der Waals surface area contributed by atoms with Gasteiger partial charge >= 0.3 is 12.1 Å². The Balaban J connectivity index is 0.000000298. The van der Waals surface area contributed by atoms with E-state index in [2.05, 4.69) is 30.0 Å². The number of carboxylic acid groups (broad SMARTS) is 1. The minimum Gasteiger partial charge on any atom is -0.475 e. The predicted molar refractivity (Wildman–Crippen MR) is 87.5 cm³/mol. The fraction of sp³-hybridized carbons (Fsp3) is 0.765. The predicted octanol–water partition coefficient (Wildman–Crippen LogP) is 1.77. The van der Waals surface area contributed by atoms with E-state index in [0.29, 0.717) is 5.92 Å². The number of fused-ring (bicyclic) bond motifs is 1. The first-order chi connectivity index (χ1) is 12.0. The number of likely N-dealkylation sites (tertiary alicyclic amines) is 1. The molecule has 0 aromatic heterocycles. The van der Waals surface area contributed by atoms with Crippen LogP contribution in [-0.2, 0) is 14.3 Å². The van der Waals surface area contributed by atoms with Gasteiger partial charge in [-0.2, -0.15) is 13.2 Å². The van der Waals surface area contributed by atoms with Crippen LogP contribution in [0.3, 0.4) is 0 Å². The molecule has 2 saturated heterocycles. The monoisotopic (exact) mass is 378 g/mol. The molecule has 9 heteroatoms. The van der Waals surface area contributed by atoms with Crippen molar-refractivity contribution < 1.29 is 32.6 Å². The summed E-state index contributed by atoms with van der Waals surface area (Å²) in [5.74, 6) is -1.96. The molecule has 26 heavy (non-hydrogen) atoms. The van der Waals surface area contributed by atoms with Crippen LogP contribution in [0.25, 0.3) is 0 Å². The summed E-state index contributed by atoms with van der Waals surface area (Å²) >= 11 is 0. The van der Waals surface area contributed by atoms with Crippen LogP contribution in [0.15, 0.2) is 11.6 Å². The summed E-state index contributed by atoms with van der Waals surface area (Å²) in [4.78, 5) is 25.7. The number of ether oxygens (including phenoxy) is 1. The number of amides is 1. The van der Waals surface area contributed by atoms with Gasteiger partial charge in [0.05, 0.1) is 13.2 Å². The molecule has 3 aliphatic rings. The number of aliphatic carboxylic acids is 1. The van der Waals surface area contributed by atoms with Crippen LogP contribution < -0.4 is 0 Å². The highest BCUT2D eigenvalue weighted by Gasteiger charge is 2.52. The van der Waals surface area contributed by atoms with E-state index in [1.54, 1.807) is 0 Å². The molecule has 2 aliphatic heterocycles. The third-order valence-corrected chi connectivity index (χ3v) is 5.00. The molecule has 2 atom stereocenters. The Morgan fingerprint density at radius 3 is 2.58 bits per heavy atom. The molecule has 0 saturated carbocycles. The maximum atomic E-state index is 12.5. The Bertz CT molecular complexity index is 577. The minimum absolute atomic E-state index is 0.165. The van der Waals surface area contributed by atoms with Crippen molar-refractivity contribution >= 4 is 11.9 Å². The molecule has 0 spiro atoms.